The predicted molar refractivity (Wildman–Crippen MR) is 73.5 cm³/mol. The van der Waals surface area contributed by atoms with Gasteiger partial charge in [0.05, 0.1) is 12.4 Å². The number of hydrazine groups is 1. The number of nitrogens with zero attached hydrogens (tertiary/aromatic N) is 2. The predicted octanol–water partition coefficient (Wildman–Crippen LogP) is 2.93. The van der Waals surface area contributed by atoms with Crippen LogP contribution in [0.4, 0.5) is 5.82 Å². The van der Waals surface area contributed by atoms with Gasteiger partial charge in [-0.15, -0.1) is 0 Å². The molecule has 0 amide bonds. The number of nitrogens with one attached hydrogen (secondary N) is 1. The average Bonchev–Trinajstić information content (AvgIpc) is 2.36. The van der Waals surface area contributed by atoms with Gasteiger partial charge in [-0.05, 0) is 37.1 Å². The summed E-state index contributed by atoms with van der Waals surface area (Å²) in [7, 11) is 0. The third-order valence-electron chi connectivity index (χ3n) is 2.39. The third-order valence-corrected chi connectivity index (χ3v) is 3.64. The van der Waals surface area contributed by atoms with E-state index in [-0.39, 0.29) is 0 Å². The maximum Gasteiger partial charge on any atom is 0.239 e. The lowest BCUT2D eigenvalue weighted by Crippen LogP contribution is -2.09. The molecule has 2 aromatic rings. The Morgan fingerprint density at radius 1 is 1.22 bits per heavy atom. The number of aryl methyl sites for hydroxylation is 2. The summed E-state index contributed by atoms with van der Waals surface area (Å²) in [5.74, 6) is 6.84. The van der Waals surface area contributed by atoms with Gasteiger partial charge in [-0.3, -0.25) is 4.98 Å². The molecule has 18 heavy (non-hydrogen) atoms. The maximum absolute atomic E-state index is 5.65. The molecule has 1 heterocycles. The molecular weight excluding hydrogens is 296 g/mol. The first-order valence-corrected chi connectivity index (χ1v) is 6.12. The summed E-state index contributed by atoms with van der Waals surface area (Å²) in [6.45, 7) is 4.01. The zero-order valence-corrected chi connectivity index (χ0v) is 11.7. The van der Waals surface area contributed by atoms with Gasteiger partial charge in [-0.25, -0.2) is 5.84 Å². The van der Waals surface area contributed by atoms with Crippen molar-refractivity contribution < 1.29 is 4.74 Å². The van der Waals surface area contributed by atoms with Crippen LogP contribution in [-0.2, 0) is 0 Å². The zero-order valence-electron chi connectivity index (χ0n) is 10.1. The summed E-state index contributed by atoms with van der Waals surface area (Å²) in [6.07, 6.45) is 3.05. The van der Waals surface area contributed by atoms with E-state index in [2.05, 4.69) is 31.3 Å². The molecule has 3 N–H and O–H groups in total. The number of nitrogen functional groups attached to an aromatic ring is 1. The lowest BCUT2D eigenvalue weighted by atomic mass is 10.1. The highest BCUT2D eigenvalue weighted by Crippen LogP contribution is 2.28. The summed E-state index contributed by atoms with van der Waals surface area (Å²) in [6, 6.07) is 3.86. The Labute approximate surface area is 113 Å². The lowest BCUT2D eigenvalue weighted by Gasteiger charge is -2.09. The quantitative estimate of drug-likeness (QED) is 0.673. The number of anilines is 1. The molecule has 0 spiro atoms. The Balaban J connectivity index is 2.28. The molecule has 0 saturated heterocycles. The molecular formula is C12H13BrN4O. The Hall–Kier alpha value is -1.66. The van der Waals surface area contributed by atoms with Gasteiger partial charge in [0.2, 0.25) is 5.88 Å². The number of ether oxygens (including phenoxy) is 1. The Morgan fingerprint density at radius 3 is 2.50 bits per heavy atom. The van der Waals surface area contributed by atoms with Gasteiger partial charge in [0, 0.05) is 4.47 Å². The molecule has 5 nitrogen and oxygen atoms in total. The van der Waals surface area contributed by atoms with Crippen LogP contribution in [0, 0.1) is 13.8 Å². The molecule has 1 aromatic carbocycles. The van der Waals surface area contributed by atoms with E-state index < -0.39 is 0 Å². The van der Waals surface area contributed by atoms with E-state index in [0.717, 1.165) is 21.3 Å². The molecule has 0 bridgehead atoms. The SMILES string of the molecule is Cc1cc(Oc2cncc(NN)n2)cc(C)c1Br. The molecule has 0 aliphatic rings. The summed E-state index contributed by atoms with van der Waals surface area (Å²) in [4.78, 5) is 8.11. The fourth-order valence-corrected chi connectivity index (χ4v) is 1.78. The highest BCUT2D eigenvalue weighted by atomic mass is 79.9. The summed E-state index contributed by atoms with van der Waals surface area (Å²) < 4.78 is 6.73. The third kappa shape index (κ3) is 2.77. The minimum Gasteiger partial charge on any atom is -0.437 e. The molecule has 0 radical (unpaired) electrons. The molecule has 2 rings (SSSR count). The minimum absolute atomic E-state index is 0.395. The number of rotatable bonds is 3. The molecule has 1 aromatic heterocycles. The minimum atomic E-state index is 0.395. The topological polar surface area (TPSA) is 73.1 Å². The van der Waals surface area contributed by atoms with E-state index in [0.29, 0.717) is 11.7 Å². The number of benzene rings is 1. The number of nitrogens with two attached hydrogens (primary N) is 1. The van der Waals surface area contributed by atoms with Gasteiger partial charge in [0.25, 0.3) is 0 Å². The van der Waals surface area contributed by atoms with E-state index in [4.69, 9.17) is 10.6 Å². The van der Waals surface area contributed by atoms with Crippen molar-refractivity contribution in [3.63, 3.8) is 0 Å². The zero-order chi connectivity index (χ0) is 13.1. The van der Waals surface area contributed by atoms with Crippen LogP contribution in [0.25, 0.3) is 0 Å². The van der Waals surface area contributed by atoms with Crippen LogP contribution < -0.4 is 16.0 Å². The first kappa shape index (κ1) is 12.8. The van der Waals surface area contributed by atoms with Crippen LogP contribution in [0.1, 0.15) is 11.1 Å². The van der Waals surface area contributed by atoms with Gasteiger partial charge in [0.1, 0.15) is 5.75 Å². The van der Waals surface area contributed by atoms with E-state index >= 15 is 0 Å². The molecule has 0 unspecified atom stereocenters. The van der Waals surface area contributed by atoms with E-state index in [9.17, 15) is 0 Å². The second-order valence-corrected chi connectivity index (χ2v) is 4.65. The smallest absolute Gasteiger partial charge is 0.239 e. The Morgan fingerprint density at radius 2 is 1.89 bits per heavy atom. The average molecular weight is 309 g/mol. The van der Waals surface area contributed by atoms with Crippen LogP contribution in [0.5, 0.6) is 11.6 Å². The monoisotopic (exact) mass is 308 g/mol. The number of hydrogen-bond donors (Lipinski definition) is 2. The molecule has 6 heteroatoms. The fraction of sp³-hybridized carbons (Fsp3) is 0.167. The van der Waals surface area contributed by atoms with E-state index in [1.165, 1.54) is 12.4 Å². The van der Waals surface area contributed by atoms with Crippen molar-refractivity contribution >= 4 is 21.7 Å². The second-order valence-electron chi connectivity index (χ2n) is 3.86. The van der Waals surface area contributed by atoms with Crippen molar-refractivity contribution in [2.45, 2.75) is 13.8 Å². The molecule has 94 valence electrons. The van der Waals surface area contributed by atoms with Crippen LogP contribution in [0.3, 0.4) is 0 Å². The van der Waals surface area contributed by atoms with Crippen LogP contribution in [-0.4, -0.2) is 9.97 Å². The highest BCUT2D eigenvalue weighted by Gasteiger charge is 2.05. The number of halogens is 1. The Bertz CT molecular complexity index is 551. The fourth-order valence-electron chi connectivity index (χ4n) is 1.55. The second kappa shape index (κ2) is 5.32. The lowest BCUT2D eigenvalue weighted by molar-refractivity contribution is 0.460. The van der Waals surface area contributed by atoms with Crippen molar-refractivity contribution in [3.05, 3.63) is 40.1 Å². The van der Waals surface area contributed by atoms with Gasteiger partial charge in [-0.2, -0.15) is 4.98 Å². The van der Waals surface area contributed by atoms with Crippen LogP contribution in [0.15, 0.2) is 29.0 Å². The van der Waals surface area contributed by atoms with Crippen molar-refractivity contribution in [2.24, 2.45) is 5.84 Å². The molecule has 0 aliphatic heterocycles. The van der Waals surface area contributed by atoms with Crippen molar-refractivity contribution in [3.8, 4) is 11.6 Å². The van der Waals surface area contributed by atoms with Crippen molar-refractivity contribution in [1.82, 2.24) is 9.97 Å². The standard InChI is InChI=1S/C12H13BrN4O/c1-7-3-9(4-8(2)12(7)13)18-11-6-15-5-10(16-11)17-14/h3-6H,14H2,1-2H3,(H,16,17). The van der Waals surface area contributed by atoms with Gasteiger partial charge < -0.3 is 10.2 Å². The maximum atomic E-state index is 5.65. The van der Waals surface area contributed by atoms with Crippen molar-refractivity contribution in [2.75, 3.05) is 5.43 Å². The summed E-state index contributed by atoms with van der Waals surface area (Å²) in [5, 5.41) is 0. The summed E-state index contributed by atoms with van der Waals surface area (Å²) in [5.41, 5.74) is 4.63. The number of hydrogen-bond acceptors (Lipinski definition) is 5. The molecule has 0 atom stereocenters. The van der Waals surface area contributed by atoms with E-state index in [1.807, 2.05) is 26.0 Å². The highest BCUT2D eigenvalue weighted by molar-refractivity contribution is 9.10. The van der Waals surface area contributed by atoms with Crippen LogP contribution >= 0.6 is 15.9 Å². The molecule has 0 saturated carbocycles. The largest absolute Gasteiger partial charge is 0.437 e. The first-order chi connectivity index (χ1) is 8.60. The summed E-state index contributed by atoms with van der Waals surface area (Å²) >= 11 is 3.51. The molecule has 0 aliphatic carbocycles. The molecule has 0 fully saturated rings. The van der Waals surface area contributed by atoms with E-state index in [1.54, 1.807) is 0 Å². The first-order valence-electron chi connectivity index (χ1n) is 5.33. The van der Waals surface area contributed by atoms with Crippen molar-refractivity contribution in [1.29, 1.82) is 0 Å². The van der Waals surface area contributed by atoms with Gasteiger partial charge in [-0.1, -0.05) is 15.9 Å². The Kier molecular flexibility index (Phi) is 3.78. The number of aromatic nitrogens is 2. The normalized spacial score (nSPS) is 10.2. The van der Waals surface area contributed by atoms with Crippen LogP contribution in [0.2, 0.25) is 0 Å². The van der Waals surface area contributed by atoms with Gasteiger partial charge in [0.15, 0.2) is 5.82 Å². The van der Waals surface area contributed by atoms with Gasteiger partial charge >= 0.3 is 0 Å².